The van der Waals surface area contributed by atoms with Crippen LogP contribution in [0.1, 0.15) is 39.9 Å². The van der Waals surface area contributed by atoms with Gasteiger partial charge in [0.2, 0.25) is 0 Å². The maximum atomic E-state index is 13.9. The van der Waals surface area contributed by atoms with E-state index in [0.717, 1.165) is 59.6 Å². The molecule has 3 aromatic carbocycles. The number of fused-ring (bicyclic) bond motifs is 1. The highest BCUT2D eigenvalue weighted by Crippen LogP contribution is 2.33. The third-order valence-corrected chi connectivity index (χ3v) is 7.30. The van der Waals surface area contributed by atoms with Crippen LogP contribution in [0.25, 0.3) is 0 Å². The predicted octanol–water partition coefficient (Wildman–Crippen LogP) is 6.17. The number of nitrogens with zero attached hydrogens (tertiary/aromatic N) is 2. The molecule has 0 spiro atoms. The molecule has 2 aliphatic rings. The van der Waals surface area contributed by atoms with E-state index in [0.29, 0.717) is 19.6 Å². The second-order valence-electron chi connectivity index (χ2n) is 9.61. The highest BCUT2D eigenvalue weighted by Gasteiger charge is 2.28. The van der Waals surface area contributed by atoms with Gasteiger partial charge in [0.1, 0.15) is 5.82 Å². The topological polar surface area (TPSA) is 35.6 Å². The first kappa shape index (κ1) is 23.2. The molecule has 0 saturated carbocycles. The van der Waals surface area contributed by atoms with Gasteiger partial charge in [-0.3, -0.25) is 4.79 Å². The van der Waals surface area contributed by atoms with Crippen LogP contribution in [-0.2, 0) is 13.0 Å². The number of para-hydroxylation sites is 1. The quantitative estimate of drug-likeness (QED) is 0.469. The number of nitrogens with one attached hydrogen (secondary N) is 1. The molecular formula is C30H32FN3O. The van der Waals surface area contributed by atoms with Crippen molar-refractivity contribution in [3.63, 3.8) is 0 Å². The fourth-order valence-electron chi connectivity index (χ4n) is 5.28. The number of carbonyl (C=O) groups excluding carboxylic acids is 1. The summed E-state index contributed by atoms with van der Waals surface area (Å²) in [5.41, 5.74) is 7.33. The van der Waals surface area contributed by atoms with E-state index in [4.69, 9.17) is 0 Å². The Morgan fingerprint density at radius 3 is 2.66 bits per heavy atom. The number of amides is 1. The standard InChI is InChI=1S/C30H32FN3O/c1-21-6-3-4-9-29(21)34(20-23-7-5-8-27(31)18-23)22(2)24-13-16-33(17-14-24)30(35)26-10-11-28-25(19-26)12-15-32-28/h3-11,18-19,24,32H,2,12-17,20H2,1H3. The monoisotopic (exact) mass is 469 g/mol. The molecule has 2 heterocycles. The van der Waals surface area contributed by atoms with Gasteiger partial charge in [0.05, 0.1) is 0 Å². The van der Waals surface area contributed by atoms with Gasteiger partial charge in [0.15, 0.2) is 0 Å². The lowest BCUT2D eigenvalue weighted by Crippen LogP contribution is -2.40. The van der Waals surface area contributed by atoms with Crippen LogP contribution in [0.5, 0.6) is 0 Å². The number of benzene rings is 3. The summed E-state index contributed by atoms with van der Waals surface area (Å²) in [5.74, 6) is 0.141. The van der Waals surface area contributed by atoms with Crippen molar-refractivity contribution in [2.24, 2.45) is 5.92 Å². The van der Waals surface area contributed by atoms with Crippen LogP contribution in [0.3, 0.4) is 0 Å². The Morgan fingerprint density at radius 1 is 1.09 bits per heavy atom. The number of carbonyl (C=O) groups is 1. The van der Waals surface area contributed by atoms with Gasteiger partial charge in [-0.25, -0.2) is 4.39 Å². The van der Waals surface area contributed by atoms with Gasteiger partial charge in [-0.1, -0.05) is 36.9 Å². The van der Waals surface area contributed by atoms with Crippen molar-refractivity contribution < 1.29 is 9.18 Å². The van der Waals surface area contributed by atoms with Gasteiger partial charge in [0, 0.05) is 54.7 Å². The summed E-state index contributed by atoms with van der Waals surface area (Å²) < 4.78 is 13.9. The molecule has 0 unspecified atom stereocenters. The first-order valence-corrected chi connectivity index (χ1v) is 12.4. The maximum Gasteiger partial charge on any atom is 0.253 e. The third kappa shape index (κ3) is 4.95. The molecule has 180 valence electrons. The number of aryl methyl sites for hydroxylation is 1. The number of likely N-dealkylation sites (tertiary alicyclic amines) is 1. The molecule has 0 atom stereocenters. The molecule has 0 radical (unpaired) electrons. The van der Waals surface area contributed by atoms with Crippen molar-refractivity contribution in [3.05, 3.63) is 107 Å². The Balaban J connectivity index is 1.30. The van der Waals surface area contributed by atoms with E-state index >= 15 is 0 Å². The third-order valence-electron chi connectivity index (χ3n) is 7.30. The number of rotatable bonds is 6. The molecule has 3 aromatic rings. The zero-order valence-corrected chi connectivity index (χ0v) is 20.3. The SMILES string of the molecule is C=C(C1CCN(C(=O)c2ccc3c(c2)CCN3)CC1)N(Cc1cccc(F)c1)c1ccccc1C. The number of allylic oxidation sites excluding steroid dienone is 1. The molecule has 4 nitrogen and oxygen atoms in total. The lowest BCUT2D eigenvalue weighted by atomic mass is 9.92. The summed E-state index contributed by atoms with van der Waals surface area (Å²) in [7, 11) is 0. The molecule has 1 amide bonds. The molecule has 1 saturated heterocycles. The summed E-state index contributed by atoms with van der Waals surface area (Å²) >= 11 is 0. The zero-order valence-electron chi connectivity index (χ0n) is 20.3. The minimum atomic E-state index is -0.230. The number of piperidine rings is 1. The maximum absolute atomic E-state index is 13.9. The lowest BCUT2D eigenvalue weighted by molar-refractivity contribution is 0.0701. The van der Waals surface area contributed by atoms with E-state index in [-0.39, 0.29) is 17.6 Å². The lowest BCUT2D eigenvalue weighted by Gasteiger charge is -2.38. The Hall–Kier alpha value is -3.60. The fraction of sp³-hybridized carbons (Fsp3) is 0.300. The van der Waals surface area contributed by atoms with Gasteiger partial charge in [-0.15, -0.1) is 0 Å². The highest BCUT2D eigenvalue weighted by atomic mass is 19.1. The average Bonchev–Trinajstić information content (AvgIpc) is 3.35. The molecule has 0 aromatic heterocycles. The van der Waals surface area contributed by atoms with E-state index in [1.165, 1.54) is 11.6 Å². The minimum Gasteiger partial charge on any atom is -0.384 e. The van der Waals surface area contributed by atoms with Crippen molar-refractivity contribution >= 4 is 17.3 Å². The smallest absolute Gasteiger partial charge is 0.253 e. The van der Waals surface area contributed by atoms with Crippen LogP contribution in [0.2, 0.25) is 0 Å². The summed E-state index contributed by atoms with van der Waals surface area (Å²) in [6.45, 7) is 9.51. The van der Waals surface area contributed by atoms with Crippen LogP contribution in [-0.4, -0.2) is 30.4 Å². The molecule has 1 fully saturated rings. The van der Waals surface area contributed by atoms with Crippen LogP contribution in [0.4, 0.5) is 15.8 Å². The number of hydrogen-bond donors (Lipinski definition) is 1. The number of anilines is 2. The molecule has 5 heteroatoms. The van der Waals surface area contributed by atoms with Crippen molar-refractivity contribution in [2.75, 3.05) is 29.9 Å². The number of hydrogen-bond acceptors (Lipinski definition) is 3. The van der Waals surface area contributed by atoms with Crippen LogP contribution in [0.15, 0.2) is 79.0 Å². The van der Waals surface area contributed by atoms with Gasteiger partial charge < -0.3 is 15.1 Å². The van der Waals surface area contributed by atoms with E-state index in [2.05, 4.69) is 35.9 Å². The normalized spacial score (nSPS) is 15.4. The molecule has 2 aliphatic heterocycles. The summed E-state index contributed by atoms with van der Waals surface area (Å²) in [6.07, 6.45) is 2.70. The van der Waals surface area contributed by atoms with Gasteiger partial charge in [-0.05, 0) is 79.3 Å². The summed E-state index contributed by atoms with van der Waals surface area (Å²) in [6, 6.07) is 21.0. The Kier molecular flexibility index (Phi) is 6.58. The Morgan fingerprint density at radius 2 is 1.89 bits per heavy atom. The first-order valence-electron chi connectivity index (χ1n) is 12.4. The van der Waals surface area contributed by atoms with Gasteiger partial charge >= 0.3 is 0 Å². The Labute approximate surface area is 207 Å². The second kappa shape index (κ2) is 9.95. The number of halogens is 1. The molecular weight excluding hydrogens is 437 g/mol. The fourth-order valence-corrected chi connectivity index (χ4v) is 5.28. The molecule has 0 aliphatic carbocycles. The van der Waals surface area contributed by atoms with E-state index in [9.17, 15) is 9.18 Å². The molecule has 0 bridgehead atoms. The van der Waals surface area contributed by atoms with Gasteiger partial charge in [0.25, 0.3) is 5.91 Å². The molecule has 5 rings (SSSR count). The highest BCUT2D eigenvalue weighted by molar-refractivity contribution is 5.95. The van der Waals surface area contributed by atoms with Crippen molar-refractivity contribution in [1.29, 1.82) is 0 Å². The largest absolute Gasteiger partial charge is 0.384 e. The second-order valence-corrected chi connectivity index (χ2v) is 9.61. The van der Waals surface area contributed by atoms with Gasteiger partial charge in [-0.2, -0.15) is 0 Å². The zero-order chi connectivity index (χ0) is 24.4. The first-order chi connectivity index (χ1) is 17.0. The van der Waals surface area contributed by atoms with E-state index in [1.54, 1.807) is 12.1 Å². The Bertz CT molecular complexity index is 1250. The van der Waals surface area contributed by atoms with E-state index in [1.807, 2.05) is 41.3 Å². The van der Waals surface area contributed by atoms with E-state index < -0.39 is 0 Å². The van der Waals surface area contributed by atoms with Crippen LogP contribution >= 0.6 is 0 Å². The minimum absolute atomic E-state index is 0.110. The predicted molar refractivity (Wildman–Crippen MR) is 140 cm³/mol. The summed E-state index contributed by atoms with van der Waals surface area (Å²) in [5, 5.41) is 3.35. The van der Waals surface area contributed by atoms with Crippen LogP contribution in [0, 0.1) is 18.7 Å². The van der Waals surface area contributed by atoms with Crippen LogP contribution < -0.4 is 10.2 Å². The van der Waals surface area contributed by atoms with Crippen molar-refractivity contribution in [3.8, 4) is 0 Å². The molecule has 1 N–H and O–H groups in total. The van der Waals surface area contributed by atoms with Crippen molar-refractivity contribution in [1.82, 2.24) is 4.90 Å². The van der Waals surface area contributed by atoms with Crippen molar-refractivity contribution in [2.45, 2.75) is 32.7 Å². The molecule has 35 heavy (non-hydrogen) atoms. The average molecular weight is 470 g/mol. The summed E-state index contributed by atoms with van der Waals surface area (Å²) in [4.78, 5) is 17.4.